The normalized spacial score (nSPS) is 23.5. The number of carboxylic acids is 1. The number of nitrogens with zero attached hydrogens (tertiary/aromatic N) is 4. The Morgan fingerprint density at radius 3 is 2.84 bits per heavy atom. The van der Waals surface area contributed by atoms with E-state index in [1.807, 2.05) is 25.3 Å². The third kappa shape index (κ3) is 6.58. The number of piperidine rings is 1. The van der Waals surface area contributed by atoms with Crippen LogP contribution < -0.4 is 4.90 Å². The fourth-order valence-corrected chi connectivity index (χ4v) is 4.28. The van der Waals surface area contributed by atoms with E-state index < -0.39 is 12.1 Å². The minimum atomic E-state index is -5.08. The fraction of sp³-hybridized carbons (Fsp3) is 0.579. The molecule has 2 aromatic heterocycles. The Kier molecular flexibility index (Phi) is 7.44. The van der Waals surface area contributed by atoms with Gasteiger partial charge in [0.25, 0.3) is 0 Å². The van der Waals surface area contributed by atoms with Crippen LogP contribution in [0.3, 0.4) is 0 Å². The lowest BCUT2D eigenvalue weighted by atomic mass is 9.89. The highest BCUT2D eigenvalue weighted by molar-refractivity contribution is 7.15. The van der Waals surface area contributed by atoms with Crippen molar-refractivity contribution in [2.75, 3.05) is 24.6 Å². The van der Waals surface area contributed by atoms with Crippen molar-refractivity contribution in [1.29, 1.82) is 0 Å². The summed E-state index contributed by atoms with van der Waals surface area (Å²) in [6.07, 6.45) is 1.86. The van der Waals surface area contributed by atoms with Crippen LogP contribution in [0.5, 0.6) is 0 Å². The third-order valence-corrected chi connectivity index (χ3v) is 5.85. The predicted molar refractivity (Wildman–Crippen MR) is 106 cm³/mol. The first-order chi connectivity index (χ1) is 14.7. The first-order valence-corrected chi connectivity index (χ1v) is 10.5. The van der Waals surface area contributed by atoms with Crippen LogP contribution in [0.25, 0.3) is 0 Å². The summed E-state index contributed by atoms with van der Waals surface area (Å²) in [4.78, 5) is 15.3. The molecule has 0 bridgehead atoms. The van der Waals surface area contributed by atoms with Crippen LogP contribution in [-0.4, -0.2) is 63.8 Å². The molecule has 0 unspecified atom stereocenters. The number of hydrogen-bond acceptors (Lipinski definition) is 8. The van der Waals surface area contributed by atoms with Gasteiger partial charge in [0.1, 0.15) is 5.01 Å². The Morgan fingerprint density at radius 1 is 1.45 bits per heavy atom. The molecule has 1 N–H and O–H groups in total. The maximum absolute atomic E-state index is 10.6. The van der Waals surface area contributed by atoms with E-state index in [9.17, 15) is 13.2 Å². The number of pyridine rings is 1. The van der Waals surface area contributed by atoms with Crippen LogP contribution in [0.4, 0.5) is 18.3 Å². The summed E-state index contributed by atoms with van der Waals surface area (Å²) in [7, 11) is 0. The number of aromatic nitrogens is 3. The van der Waals surface area contributed by atoms with Crippen LogP contribution in [0, 0.1) is 6.92 Å². The molecule has 1 spiro atoms. The zero-order chi connectivity index (χ0) is 22.5. The van der Waals surface area contributed by atoms with E-state index in [0.29, 0.717) is 13.2 Å². The van der Waals surface area contributed by atoms with Gasteiger partial charge in [0.2, 0.25) is 5.13 Å². The number of anilines is 1. The van der Waals surface area contributed by atoms with Crippen molar-refractivity contribution in [2.24, 2.45) is 0 Å². The highest BCUT2D eigenvalue weighted by atomic mass is 32.1. The molecule has 2 aliphatic heterocycles. The largest absolute Gasteiger partial charge is 0.490 e. The summed E-state index contributed by atoms with van der Waals surface area (Å²) in [5, 5.41) is 17.6. The van der Waals surface area contributed by atoms with Crippen molar-refractivity contribution >= 4 is 22.4 Å². The lowest BCUT2D eigenvalue weighted by molar-refractivity contribution is -0.192. The second-order valence-electron chi connectivity index (χ2n) is 7.42. The monoisotopic (exact) mass is 460 g/mol. The number of aryl methyl sites for hydroxylation is 1. The molecule has 4 heterocycles. The van der Waals surface area contributed by atoms with Crippen molar-refractivity contribution < 1.29 is 32.5 Å². The summed E-state index contributed by atoms with van der Waals surface area (Å²) < 4.78 is 44.0. The molecule has 0 saturated carbocycles. The van der Waals surface area contributed by atoms with E-state index in [4.69, 9.17) is 19.4 Å². The molecule has 2 aromatic rings. The van der Waals surface area contributed by atoms with E-state index in [-0.39, 0.29) is 11.7 Å². The van der Waals surface area contributed by atoms with Gasteiger partial charge in [-0.2, -0.15) is 13.2 Å². The molecule has 2 saturated heterocycles. The van der Waals surface area contributed by atoms with Crippen LogP contribution in [0.2, 0.25) is 0 Å². The first-order valence-electron chi connectivity index (χ1n) is 9.66. The van der Waals surface area contributed by atoms with Crippen molar-refractivity contribution in [2.45, 2.75) is 50.7 Å². The van der Waals surface area contributed by atoms with Crippen LogP contribution >= 0.6 is 11.3 Å². The molecule has 8 nitrogen and oxygen atoms in total. The van der Waals surface area contributed by atoms with Gasteiger partial charge in [0, 0.05) is 31.9 Å². The average molecular weight is 460 g/mol. The van der Waals surface area contributed by atoms with Gasteiger partial charge < -0.3 is 19.5 Å². The molecular formula is C19H23F3N4O4S. The van der Waals surface area contributed by atoms with Crippen LogP contribution in [0.15, 0.2) is 24.5 Å². The summed E-state index contributed by atoms with van der Waals surface area (Å²) in [5.41, 5.74) is 1.00. The topological polar surface area (TPSA) is 97.7 Å². The van der Waals surface area contributed by atoms with E-state index in [2.05, 4.69) is 20.1 Å². The maximum atomic E-state index is 10.6. The summed E-state index contributed by atoms with van der Waals surface area (Å²) in [6, 6.07) is 3.98. The highest BCUT2D eigenvalue weighted by Gasteiger charge is 2.44. The molecule has 31 heavy (non-hydrogen) atoms. The van der Waals surface area contributed by atoms with Crippen molar-refractivity contribution in [3.05, 3.63) is 35.1 Å². The van der Waals surface area contributed by atoms with Crippen molar-refractivity contribution in [3.8, 4) is 0 Å². The maximum Gasteiger partial charge on any atom is 0.490 e. The van der Waals surface area contributed by atoms with E-state index in [0.717, 1.165) is 48.1 Å². The number of carboxylic acid groups (broad SMARTS) is 1. The quantitative estimate of drug-likeness (QED) is 0.743. The number of rotatable bonds is 4. The van der Waals surface area contributed by atoms with Gasteiger partial charge in [0.05, 0.1) is 24.9 Å². The lowest BCUT2D eigenvalue weighted by Gasteiger charge is -2.39. The molecule has 0 amide bonds. The summed E-state index contributed by atoms with van der Waals surface area (Å²) >= 11 is 1.65. The number of alkyl halides is 3. The zero-order valence-corrected chi connectivity index (χ0v) is 17.7. The second-order valence-corrected chi connectivity index (χ2v) is 8.58. The molecule has 170 valence electrons. The first kappa shape index (κ1) is 23.4. The van der Waals surface area contributed by atoms with Gasteiger partial charge in [-0.05, 0) is 31.4 Å². The molecule has 0 aromatic carbocycles. The smallest absolute Gasteiger partial charge is 0.475 e. The van der Waals surface area contributed by atoms with E-state index in [1.165, 1.54) is 0 Å². The Morgan fingerprint density at radius 2 is 2.23 bits per heavy atom. The molecule has 4 rings (SSSR count). The fourth-order valence-electron chi connectivity index (χ4n) is 3.57. The standard InChI is InChI=1S/C17H22N4O2S.C2HF3O2/c1-13-19-20-16(24-13)21-7-3-5-17(12-21)8-15(11-23-17)22-10-14-4-2-6-18-9-14;3-2(4,5)1(6)7/h2,4,6,9,15H,3,5,7-8,10-12H2,1H3;(H,6,7)/t15-,17+;/m1./s1. The van der Waals surface area contributed by atoms with E-state index in [1.54, 1.807) is 17.5 Å². The number of ether oxygens (including phenoxy) is 2. The minimum absolute atomic E-state index is 0.0998. The van der Waals surface area contributed by atoms with Gasteiger partial charge >= 0.3 is 12.1 Å². The number of halogens is 3. The van der Waals surface area contributed by atoms with Gasteiger partial charge in [-0.25, -0.2) is 4.79 Å². The molecule has 2 aliphatic rings. The Balaban J connectivity index is 0.000000339. The highest BCUT2D eigenvalue weighted by Crippen LogP contribution is 2.38. The zero-order valence-electron chi connectivity index (χ0n) is 16.8. The van der Waals surface area contributed by atoms with Crippen LogP contribution in [0.1, 0.15) is 29.8 Å². The molecule has 12 heteroatoms. The van der Waals surface area contributed by atoms with Crippen LogP contribution in [-0.2, 0) is 20.9 Å². The average Bonchev–Trinajstić information content (AvgIpc) is 3.33. The SMILES string of the molecule is Cc1nnc(N2CCC[C@]3(C[C@@H](OCc4cccnc4)CO3)C2)s1.O=C(O)C(F)(F)F. The molecule has 2 fully saturated rings. The Hall–Kier alpha value is -2.31. The third-order valence-electron chi connectivity index (χ3n) is 4.95. The number of aliphatic carboxylic acids is 1. The lowest BCUT2D eigenvalue weighted by Crippen LogP contribution is -2.48. The summed E-state index contributed by atoms with van der Waals surface area (Å²) in [6.45, 7) is 5.17. The number of hydrogen-bond donors (Lipinski definition) is 1. The molecule has 0 aliphatic carbocycles. The van der Waals surface area contributed by atoms with Gasteiger partial charge in [-0.15, -0.1) is 10.2 Å². The van der Waals surface area contributed by atoms with Gasteiger partial charge in [-0.1, -0.05) is 17.4 Å². The molecular weight excluding hydrogens is 437 g/mol. The van der Waals surface area contributed by atoms with Gasteiger partial charge in [0.15, 0.2) is 0 Å². The molecule has 0 radical (unpaired) electrons. The second kappa shape index (κ2) is 9.88. The van der Waals surface area contributed by atoms with Crippen molar-refractivity contribution in [1.82, 2.24) is 15.2 Å². The Labute approximate surface area is 181 Å². The Bertz CT molecular complexity index is 867. The van der Waals surface area contributed by atoms with E-state index >= 15 is 0 Å². The minimum Gasteiger partial charge on any atom is -0.475 e. The van der Waals surface area contributed by atoms with Gasteiger partial charge in [-0.3, -0.25) is 4.98 Å². The summed E-state index contributed by atoms with van der Waals surface area (Å²) in [5.74, 6) is -2.76. The predicted octanol–water partition coefficient (Wildman–Crippen LogP) is 3.22. The van der Waals surface area contributed by atoms with Crippen molar-refractivity contribution in [3.63, 3.8) is 0 Å². The number of carbonyl (C=O) groups is 1. The molecule has 2 atom stereocenters.